The molecule has 0 unspecified atom stereocenters. The van der Waals surface area contributed by atoms with Crippen LogP contribution in [0.2, 0.25) is 0 Å². The van der Waals surface area contributed by atoms with Crippen molar-refractivity contribution >= 4 is 17.9 Å². The third kappa shape index (κ3) is 4.98. The van der Waals surface area contributed by atoms with Gasteiger partial charge in [0.05, 0.1) is 0 Å². The summed E-state index contributed by atoms with van der Waals surface area (Å²) in [7, 11) is 0. The number of rotatable bonds is 7. The van der Waals surface area contributed by atoms with E-state index in [1.807, 2.05) is 6.07 Å². The van der Waals surface area contributed by atoms with Gasteiger partial charge in [-0.15, -0.1) is 0 Å². The summed E-state index contributed by atoms with van der Waals surface area (Å²) in [6.45, 7) is 1.87. The maximum atomic E-state index is 12.0. The molecule has 0 spiro atoms. The van der Waals surface area contributed by atoms with Gasteiger partial charge in [0.1, 0.15) is 18.5 Å². The van der Waals surface area contributed by atoms with Crippen molar-refractivity contribution in [2.45, 2.75) is 31.6 Å². The first-order chi connectivity index (χ1) is 13.5. The summed E-state index contributed by atoms with van der Waals surface area (Å²) in [5.74, 6) is -0.580. The van der Waals surface area contributed by atoms with Gasteiger partial charge in [-0.1, -0.05) is 36.4 Å². The van der Waals surface area contributed by atoms with Crippen LogP contribution in [-0.2, 0) is 16.1 Å². The SMILES string of the molecule is O=C(N[C@H](C(=O)O)[C@H](O)c1ccc(N2CCCC2)nc1)OCc1ccccc1. The van der Waals surface area contributed by atoms with Crippen LogP contribution in [0.15, 0.2) is 48.7 Å². The average molecular weight is 385 g/mol. The number of aliphatic carboxylic acids is 1. The van der Waals surface area contributed by atoms with Gasteiger partial charge in [0.25, 0.3) is 0 Å². The van der Waals surface area contributed by atoms with Crippen LogP contribution in [0.5, 0.6) is 0 Å². The fourth-order valence-electron chi connectivity index (χ4n) is 3.07. The lowest BCUT2D eigenvalue weighted by Gasteiger charge is -2.21. The number of alkyl carbamates (subject to hydrolysis) is 1. The number of nitrogens with one attached hydrogen (secondary N) is 1. The first-order valence-electron chi connectivity index (χ1n) is 9.13. The largest absolute Gasteiger partial charge is 0.480 e. The molecule has 28 heavy (non-hydrogen) atoms. The number of anilines is 1. The van der Waals surface area contributed by atoms with Gasteiger partial charge in [0.2, 0.25) is 0 Å². The number of aliphatic hydroxyl groups excluding tert-OH is 1. The van der Waals surface area contributed by atoms with Crippen LogP contribution in [0.25, 0.3) is 0 Å². The van der Waals surface area contributed by atoms with Gasteiger partial charge in [-0.05, 0) is 24.5 Å². The minimum absolute atomic E-state index is 0.00119. The van der Waals surface area contributed by atoms with Crippen LogP contribution >= 0.6 is 0 Å². The lowest BCUT2D eigenvalue weighted by Crippen LogP contribution is -2.45. The standard InChI is InChI=1S/C20H23N3O5/c24-18(15-8-9-16(21-12-15)23-10-4-5-11-23)17(19(25)26)22-20(27)28-13-14-6-2-1-3-7-14/h1-3,6-9,12,17-18,24H,4-5,10-11,13H2,(H,22,27)(H,25,26)/t17-,18+/m0/s1. The lowest BCUT2D eigenvalue weighted by molar-refractivity contribution is -0.142. The molecule has 2 heterocycles. The highest BCUT2D eigenvalue weighted by molar-refractivity contribution is 5.80. The van der Waals surface area contributed by atoms with Crippen molar-refractivity contribution in [1.29, 1.82) is 0 Å². The molecule has 1 saturated heterocycles. The van der Waals surface area contributed by atoms with Crippen LogP contribution in [0.4, 0.5) is 10.6 Å². The van der Waals surface area contributed by atoms with Crippen molar-refractivity contribution in [2.24, 2.45) is 0 Å². The van der Waals surface area contributed by atoms with Gasteiger partial charge in [0, 0.05) is 24.8 Å². The summed E-state index contributed by atoms with van der Waals surface area (Å²) >= 11 is 0. The molecule has 0 saturated carbocycles. The van der Waals surface area contributed by atoms with Crippen LogP contribution in [-0.4, -0.2) is 46.4 Å². The van der Waals surface area contributed by atoms with Crippen LogP contribution in [0.1, 0.15) is 30.1 Å². The minimum Gasteiger partial charge on any atom is -0.480 e. The molecule has 1 fully saturated rings. The minimum atomic E-state index is -1.55. The van der Waals surface area contributed by atoms with Gasteiger partial charge in [-0.25, -0.2) is 14.6 Å². The molecular weight excluding hydrogens is 362 g/mol. The maximum absolute atomic E-state index is 12.0. The molecular formula is C20H23N3O5. The van der Waals surface area contributed by atoms with Crippen molar-refractivity contribution in [3.8, 4) is 0 Å². The number of carbonyl (C=O) groups is 2. The predicted octanol–water partition coefficient (Wildman–Crippen LogP) is 2.09. The fourth-order valence-corrected chi connectivity index (χ4v) is 3.07. The molecule has 2 aromatic rings. The highest BCUT2D eigenvalue weighted by atomic mass is 16.5. The highest BCUT2D eigenvalue weighted by Gasteiger charge is 2.30. The quantitative estimate of drug-likeness (QED) is 0.669. The number of carbonyl (C=O) groups excluding carboxylic acids is 1. The second kappa shape index (κ2) is 9.18. The zero-order valence-electron chi connectivity index (χ0n) is 15.3. The molecule has 1 aromatic heterocycles. The van der Waals surface area contributed by atoms with E-state index in [0.29, 0.717) is 5.56 Å². The molecule has 2 atom stereocenters. The van der Waals surface area contributed by atoms with Crippen molar-refractivity contribution in [2.75, 3.05) is 18.0 Å². The van der Waals surface area contributed by atoms with Crippen LogP contribution in [0.3, 0.4) is 0 Å². The van der Waals surface area contributed by atoms with E-state index in [1.54, 1.807) is 36.4 Å². The van der Waals surface area contributed by atoms with Crippen LogP contribution in [0, 0.1) is 0 Å². The van der Waals surface area contributed by atoms with E-state index in [9.17, 15) is 19.8 Å². The predicted molar refractivity (Wildman–Crippen MR) is 102 cm³/mol. The second-order valence-electron chi connectivity index (χ2n) is 6.61. The lowest BCUT2D eigenvalue weighted by atomic mass is 10.0. The zero-order chi connectivity index (χ0) is 19.9. The van der Waals surface area contributed by atoms with Crippen molar-refractivity contribution < 1.29 is 24.5 Å². The zero-order valence-corrected chi connectivity index (χ0v) is 15.3. The van der Waals surface area contributed by atoms with E-state index in [2.05, 4.69) is 15.2 Å². The third-order valence-electron chi connectivity index (χ3n) is 4.61. The number of hydrogen-bond donors (Lipinski definition) is 3. The molecule has 3 rings (SSSR count). The van der Waals surface area contributed by atoms with Crippen molar-refractivity contribution in [1.82, 2.24) is 10.3 Å². The van der Waals surface area contributed by atoms with E-state index in [1.165, 1.54) is 6.20 Å². The number of amides is 1. The third-order valence-corrected chi connectivity index (χ3v) is 4.61. The summed E-state index contributed by atoms with van der Waals surface area (Å²) in [6.07, 6.45) is 1.29. The monoisotopic (exact) mass is 385 g/mol. The fraction of sp³-hybridized carbons (Fsp3) is 0.350. The summed E-state index contributed by atoms with van der Waals surface area (Å²) in [6, 6.07) is 10.8. The van der Waals surface area contributed by atoms with E-state index in [-0.39, 0.29) is 6.61 Å². The van der Waals surface area contributed by atoms with E-state index >= 15 is 0 Å². The molecule has 0 radical (unpaired) electrons. The molecule has 1 amide bonds. The number of carboxylic acids is 1. The Balaban J connectivity index is 1.60. The van der Waals surface area contributed by atoms with Gasteiger partial charge < -0.3 is 25.2 Å². The molecule has 1 aliphatic rings. The number of aliphatic hydroxyl groups is 1. The van der Waals surface area contributed by atoms with E-state index < -0.39 is 24.2 Å². The Morgan fingerprint density at radius 1 is 1.14 bits per heavy atom. The van der Waals surface area contributed by atoms with Gasteiger partial charge in [-0.2, -0.15) is 0 Å². The van der Waals surface area contributed by atoms with E-state index in [0.717, 1.165) is 37.3 Å². The molecule has 0 aliphatic carbocycles. The molecule has 8 heteroatoms. The summed E-state index contributed by atoms with van der Waals surface area (Å²) in [4.78, 5) is 29.9. The van der Waals surface area contributed by atoms with Crippen LogP contribution < -0.4 is 10.2 Å². The van der Waals surface area contributed by atoms with E-state index in [4.69, 9.17) is 4.74 Å². The Bertz CT molecular complexity index is 791. The Morgan fingerprint density at radius 3 is 2.46 bits per heavy atom. The number of hydrogen-bond acceptors (Lipinski definition) is 6. The van der Waals surface area contributed by atoms with Gasteiger partial charge in [-0.3, -0.25) is 0 Å². The number of nitrogens with zero attached hydrogens (tertiary/aromatic N) is 2. The molecule has 0 bridgehead atoms. The Labute approximate surface area is 162 Å². The topological polar surface area (TPSA) is 112 Å². The first-order valence-corrected chi connectivity index (χ1v) is 9.13. The van der Waals surface area contributed by atoms with Gasteiger partial charge >= 0.3 is 12.1 Å². The maximum Gasteiger partial charge on any atom is 0.408 e. The Kier molecular flexibility index (Phi) is 6.44. The number of pyridine rings is 1. The second-order valence-corrected chi connectivity index (χ2v) is 6.61. The normalized spacial score (nSPS) is 15.7. The van der Waals surface area contributed by atoms with Gasteiger partial charge in [0.15, 0.2) is 6.04 Å². The molecule has 1 aromatic carbocycles. The number of benzene rings is 1. The number of ether oxygens (including phenoxy) is 1. The van der Waals surface area contributed by atoms with Crippen molar-refractivity contribution in [3.63, 3.8) is 0 Å². The molecule has 1 aliphatic heterocycles. The molecule has 8 nitrogen and oxygen atoms in total. The molecule has 148 valence electrons. The Hall–Kier alpha value is -3.13. The summed E-state index contributed by atoms with van der Waals surface area (Å²) in [5, 5.41) is 22.0. The first kappa shape index (κ1) is 19.6. The summed E-state index contributed by atoms with van der Waals surface area (Å²) < 4.78 is 5.03. The van der Waals surface area contributed by atoms with Crippen molar-refractivity contribution in [3.05, 3.63) is 59.8 Å². The average Bonchev–Trinajstić information content (AvgIpc) is 3.25. The highest BCUT2D eigenvalue weighted by Crippen LogP contribution is 2.22. The smallest absolute Gasteiger partial charge is 0.408 e. The molecule has 3 N–H and O–H groups in total. The number of aromatic nitrogens is 1. The summed E-state index contributed by atoms with van der Waals surface area (Å²) in [5.41, 5.74) is 1.07. The Morgan fingerprint density at radius 2 is 1.86 bits per heavy atom. The number of carboxylic acid groups (broad SMARTS) is 1.